The van der Waals surface area contributed by atoms with Gasteiger partial charge in [-0.15, -0.1) is 0 Å². The lowest BCUT2D eigenvalue weighted by Crippen LogP contribution is -2.14. The van der Waals surface area contributed by atoms with Crippen molar-refractivity contribution in [3.63, 3.8) is 0 Å². The summed E-state index contributed by atoms with van der Waals surface area (Å²) in [4.78, 5) is 0. The summed E-state index contributed by atoms with van der Waals surface area (Å²) in [6.07, 6.45) is -4.48. The van der Waals surface area contributed by atoms with Gasteiger partial charge in [-0.05, 0) is 35.4 Å². The van der Waals surface area contributed by atoms with Crippen LogP contribution >= 0.6 is 15.9 Å². The lowest BCUT2D eigenvalue weighted by atomic mass is 9.98. The van der Waals surface area contributed by atoms with E-state index in [2.05, 4.69) is 15.9 Å². The Labute approximate surface area is 121 Å². The van der Waals surface area contributed by atoms with Crippen molar-refractivity contribution in [1.82, 2.24) is 0 Å². The van der Waals surface area contributed by atoms with Crippen LogP contribution in [0.5, 0.6) is 0 Å². The fourth-order valence-electron chi connectivity index (χ4n) is 1.85. The highest BCUT2D eigenvalue weighted by atomic mass is 79.9. The van der Waals surface area contributed by atoms with Crippen LogP contribution in [-0.2, 0) is 6.18 Å². The van der Waals surface area contributed by atoms with Crippen molar-refractivity contribution in [1.29, 1.82) is 0 Å². The minimum absolute atomic E-state index is 0.0554. The number of hydrogen-bond acceptors (Lipinski definition) is 1. The molecule has 1 atom stereocenters. The molecule has 0 heterocycles. The van der Waals surface area contributed by atoms with E-state index in [-0.39, 0.29) is 10.0 Å². The fraction of sp³-hybridized carbons (Fsp3) is 0.143. The van der Waals surface area contributed by atoms with E-state index in [0.717, 1.165) is 6.07 Å². The van der Waals surface area contributed by atoms with Crippen LogP contribution in [0.25, 0.3) is 0 Å². The maximum absolute atomic E-state index is 13.1. The van der Waals surface area contributed by atoms with E-state index < -0.39 is 23.6 Å². The van der Waals surface area contributed by atoms with Gasteiger partial charge in [0.1, 0.15) is 5.82 Å². The van der Waals surface area contributed by atoms with Crippen molar-refractivity contribution in [2.45, 2.75) is 12.2 Å². The van der Waals surface area contributed by atoms with Gasteiger partial charge < -0.3 is 5.73 Å². The van der Waals surface area contributed by atoms with Gasteiger partial charge in [0, 0.05) is 4.47 Å². The van der Waals surface area contributed by atoms with Crippen LogP contribution in [0.3, 0.4) is 0 Å². The largest absolute Gasteiger partial charge is 0.417 e. The lowest BCUT2D eigenvalue weighted by molar-refractivity contribution is -0.138. The first-order valence-electron chi connectivity index (χ1n) is 5.66. The molecular weight excluding hydrogens is 338 g/mol. The van der Waals surface area contributed by atoms with E-state index in [1.165, 1.54) is 30.3 Å². The van der Waals surface area contributed by atoms with Crippen molar-refractivity contribution in [2.75, 3.05) is 0 Å². The third-order valence-corrected chi connectivity index (χ3v) is 3.55. The predicted octanol–water partition coefficient (Wildman–Crippen LogP) is 4.66. The van der Waals surface area contributed by atoms with Crippen LogP contribution in [0.4, 0.5) is 17.6 Å². The van der Waals surface area contributed by atoms with E-state index in [1.807, 2.05) is 0 Å². The van der Waals surface area contributed by atoms with E-state index >= 15 is 0 Å². The molecule has 2 aromatic carbocycles. The van der Waals surface area contributed by atoms with Gasteiger partial charge in [0.25, 0.3) is 0 Å². The summed E-state index contributed by atoms with van der Waals surface area (Å²) in [5.41, 5.74) is 5.78. The van der Waals surface area contributed by atoms with E-state index in [9.17, 15) is 17.6 Å². The van der Waals surface area contributed by atoms with Gasteiger partial charge >= 0.3 is 6.18 Å². The molecule has 2 aromatic rings. The molecule has 0 saturated heterocycles. The van der Waals surface area contributed by atoms with Crippen LogP contribution in [0.15, 0.2) is 46.9 Å². The van der Waals surface area contributed by atoms with Crippen molar-refractivity contribution in [3.05, 3.63) is 69.4 Å². The number of rotatable bonds is 2. The van der Waals surface area contributed by atoms with Crippen molar-refractivity contribution in [2.24, 2.45) is 5.73 Å². The molecule has 0 spiro atoms. The molecular formula is C14H10BrF4N. The number of halogens is 5. The van der Waals surface area contributed by atoms with Gasteiger partial charge in [-0.25, -0.2) is 4.39 Å². The standard InChI is InChI=1S/C14H10BrF4N/c15-12-5-4-9(7-11(12)14(17,18)19)13(20)8-2-1-3-10(16)6-8/h1-7,13H,20H2. The molecule has 1 nitrogen and oxygen atoms in total. The first-order valence-corrected chi connectivity index (χ1v) is 6.46. The zero-order chi connectivity index (χ0) is 14.9. The van der Waals surface area contributed by atoms with Crippen LogP contribution in [0.1, 0.15) is 22.7 Å². The Bertz CT molecular complexity index is 625. The molecule has 106 valence electrons. The molecule has 2 rings (SSSR count). The number of nitrogens with two attached hydrogens (primary N) is 1. The van der Waals surface area contributed by atoms with Gasteiger partial charge in [0.2, 0.25) is 0 Å². The Morgan fingerprint density at radius 1 is 1.00 bits per heavy atom. The highest BCUT2D eigenvalue weighted by Gasteiger charge is 2.33. The van der Waals surface area contributed by atoms with Gasteiger partial charge in [-0.3, -0.25) is 0 Å². The summed E-state index contributed by atoms with van der Waals surface area (Å²) in [7, 11) is 0. The summed E-state index contributed by atoms with van der Waals surface area (Å²) in [6, 6.07) is 8.42. The predicted molar refractivity (Wildman–Crippen MR) is 71.6 cm³/mol. The number of alkyl halides is 3. The molecule has 0 radical (unpaired) electrons. The fourth-order valence-corrected chi connectivity index (χ4v) is 2.32. The second-order valence-corrected chi connectivity index (χ2v) is 5.12. The quantitative estimate of drug-likeness (QED) is 0.786. The Morgan fingerprint density at radius 2 is 1.65 bits per heavy atom. The molecule has 0 aliphatic rings. The zero-order valence-electron chi connectivity index (χ0n) is 10.1. The average molecular weight is 348 g/mol. The molecule has 1 unspecified atom stereocenters. The van der Waals surface area contributed by atoms with Crippen molar-refractivity contribution in [3.8, 4) is 0 Å². The Morgan fingerprint density at radius 3 is 2.25 bits per heavy atom. The minimum Gasteiger partial charge on any atom is -0.320 e. The monoisotopic (exact) mass is 347 g/mol. The summed E-state index contributed by atoms with van der Waals surface area (Å²) < 4.78 is 51.6. The summed E-state index contributed by atoms with van der Waals surface area (Å²) >= 11 is 2.86. The molecule has 0 saturated carbocycles. The third-order valence-electron chi connectivity index (χ3n) is 2.86. The van der Waals surface area contributed by atoms with Gasteiger partial charge in [0.15, 0.2) is 0 Å². The molecule has 0 amide bonds. The smallest absolute Gasteiger partial charge is 0.320 e. The summed E-state index contributed by atoms with van der Waals surface area (Å²) in [6.45, 7) is 0. The van der Waals surface area contributed by atoms with Gasteiger partial charge in [-0.2, -0.15) is 13.2 Å². The van der Waals surface area contributed by atoms with E-state index in [4.69, 9.17) is 5.73 Å². The molecule has 0 fully saturated rings. The van der Waals surface area contributed by atoms with Crippen molar-refractivity contribution < 1.29 is 17.6 Å². The highest BCUT2D eigenvalue weighted by molar-refractivity contribution is 9.10. The molecule has 0 aromatic heterocycles. The highest BCUT2D eigenvalue weighted by Crippen LogP contribution is 2.36. The van der Waals surface area contributed by atoms with Crippen LogP contribution in [0, 0.1) is 5.82 Å². The Kier molecular flexibility index (Phi) is 4.15. The number of hydrogen-bond donors (Lipinski definition) is 1. The van der Waals surface area contributed by atoms with Gasteiger partial charge in [0.05, 0.1) is 11.6 Å². The number of benzene rings is 2. The van der Waals surface area contributed by atoms with E-state index in [0.29, 0.717) is 5.56 Å². The minimum atomic E-state index is -4.48. The second-order valence-electron chi connectivity index (χ2n) is 4.27. The molecule has 0 aliphatic heterocycles. The maximum Gasteiger partial charge on any atom is 0.417 e. The van der Waals surface area contributed by atoms with Crippen LogP contribution in [0.2, 0.25) is 0 Å². The van der Waals surface area contributed by atoms with Crippen molar-refractivity contribution >= 4 is 15.9 Å². The first kappa shape index (κ1) is 15.0. The van der Waals surface area contributed by atoms with Crippen LogP contribution in [-0.4, -0.2) is 0 Å². The maximum atomic E-state index is 13.1. The molecule has 0 bridgehead atoms. The topological polar surface area (TPSA) is 26.0 Å². The Balaban J connectivity index is 2.43. The summed E-state index contributed by atoms with van der Waals surface area (Å²) in [5, 5.41) is 0. The van der Waals surface area contributed by atoms with Crippen LogP contribution < -0.4 is 5.73 Å². The second kappa shape index (κ2) is 5.54. The third kappa shape index (κ3) is 3.19. The summed E-state index contributed by atoms with van der Waals surface area (Å²) in [5.74, 6) is -0.480. The lowest BCUT2D eigenvalue weighted by Gasteiger charge is -2.16. The van der Waals surface area contributed by atoms with Gasteiger partial charge in [-0.1, -0.05) is 34.1 Å². The Hall–Kier alpha value is -1.40. The SMILES string of the molecule is NC(c1cccc(F)c1)c1ccc(Br)c(C(F)(F)F)c1. The normalized spacial score (nSPS) is 13.3. The van der Waals surface area contributed by atoms with E-state index in [1.54, 1.807) is 6.07 Å². The molecule has 2 N–H and O–H groups in total. The zero-order valence-corrected chi connectivity index (χ0v) is 11.7. The molecule has 20 heavy (non-hydrogen) atoms. The average Bonchev–Trinajstić information content (AvgIpc) is 2.37. The first-order chi connectivity index (χ1) is 9.29. The molecule has 6 heteroatoms. The molecule has 0 aliphatic carbocycles.